The van der Waals surface area contributed by atoms with Crippen molar-refractivity contribution in [1.29, 1.82) is 0 Å². The molecule has 6 aromatic rings. The van der Waals surface area contributed by atoms with E-state index in [1.54, 1.807) is 0 Å². The van der Waals surface area contributed by atoms with Crippen molar-refractivity contribution in [2.75, 3.05) is 0 Å². The van der Waals surface area contributed by atoms with Gasteiger partial charge in [0.25, 0.3) is 0 Å². The van der Waals surface area contributed by atoms with Crippen molar-refractivity contribution in [1.82, 2.24) is 0 Å². The molecule has 0 aliphatic heterocycles. The molecule has 0 saturated carbocycles. The summed E-state index contributed by atoms with van der Waals surface area (Å²) in [6.07, 6.45) is 0. The van der Waals surface area contributed by atoms with Gasteiger partial charge in [-0.3, -0.25) is 0 Å². The fourth-order valence-corrected chi connectivity index (χ4v) is 5.62. The van der Waals surface area contributed by atoms with Crippen LogP contribution in [-0.4, -0.2) is 0 Å². The topological polar surface area (TPSA) is 21.4 Å². The third-order valence-corrected chi connectivity index (χ3v) is 7.42. The average molecular weight is 482 g/mol. The molecule has 0 atom stereocenters. The highest BCUT2D eigenvalue weighted by Gasteiger charge is 2.29. The van der Waals surface area contributed by atoms with Gasteiger partial charge in [0, 0.05) is 33.9 Å². The first-order valence-corrected chi connectivity index (χ1v) is 12.6. The molecule has 0 N–H and O–H groups in total. The van der Waals surface area contributed by atoms with Crippen LogP contribution in [0.5, 0.6) is 0 Å². The van der Waals surface area contributed by atoms with E-state index in [0.29, 0.717) is 5.69 Å². The molecule has 0 unspecified atom stereocenters. The first kappa shape index (κ1) is 23.0. The van der Waals surface area contributed by atoms with Crippen LogP contribution in [0.25, 0.3) is 60.1 Å². The molecule has 0 aliphatic carbocycles. The molecule has 180 valence electrons. The van der Waals surface area contributed by atoms with Crippen molar-refractivity contribution in [3.05, 3.63) is 107 Å². The van der Waals surface area contributed by atoms with E-state index in [1.807, 2.05) is 24.3 Å². The summed E-state index contributed by atoms with van der Waals surface area (Å²) in [5.74, 6) is 0. The molecule has 0 spiro atoms. The Morgan fingerprint density at radius 1 is 0.811 bits per heavy atom. The van der Waals surface area contributed by atoms with Crippen LogP contribution in [0, 0.1) is 13.5 Å². The molecule has 0 amide bonds. The second-order valence-electron chi connectivity index (χ2n) is 10.8. The van der Waals surface area contributed by atoms with Gasteiger partial charge in [-0.1, -0.05) is 81.4 Å². The summed E-state index contributed by atoms with van der Waals surface area (Å²) >= 11 is 0. The number of benzene rings is 4. The molecular weight excluding hydrogens is 452 g/mol. The Morgan fingerprint density at radius 3 is 2.27 bits per heavy atom. The number of aryl methyl sites for hydroxylation is 2. The lowest BCUT2D eigenvalue weighted by Gasteiger charge is -2.22. The number of fused-ring (bicyclic) bond motifs is 4. The molecule has 6 rings (SSSR count). The maximum atomic E-state index is 7.88. The van der Waals surface area contributed by atoms with E-state index in [9.17, 15) is 0 Å². The van der Waals surface area contributed by atoms with Gasteiger partial charge in [-0.05, 0) is 41.2 Å². The van der Waals surface area contributed by atoms with Crippen LogP contribution < -0.4 is 4.57 Å². The van der Waals surface area contributed by atoms with Crippen molar-refractivity contribution in [3.8, 4) is 22.4 Å². The van der Waals surface area contributed by atoms with E-state index in [1.165, 1.54) is 22.0 Å². The summed E-state index contributed by atoms with van der Waals surface area (Å²) in [5.41, 5.74) is 9.81. The van der Waals surface area contributed by atoms with Gasteiger partial charge in [0.1, 0.15) is 18.2 Å². The van der Waals surface area contributed by atoms with Gasteiger partial charge >= 0.3 is 0 Å². The number of aromatic nitrogens is 1. The minimum atomic E-state index is -0.0880. The molecular formula is C34H29N2O+. The zero-order valence-electron chi connectivity index (χ0n) is 21.9. The second-order valence-corrected chi connectivity index (χ2v) is 10.8. The van der Waals surface area contributed by atoms with Gasteiger partial charge in [-0.15, -0.1) is 0 Å². The van der Waals surface area contributed by atoms with E-state index < -0.39 is 0 Å². The van der Waals surface area contributed by atoms with E-state index in [-0.39, 0.29) is 5.41 Å². The zero-order valence-corrected chi connectivity index (χ0v) is 21.9. The Labute approximate surface area is 217 Å². The number of pyridine rings is 1. The minimum absolute atomic E-state index is 0.0880. The van der Waals surface area contributed by atoms with Crippen LogP contribution >= 0.6 is 0 Å². The Morgan fingerprint density at radius 2 is 1.54 bits per heavy atom. The highest BCUT2D eigenvalue weighted by molar-refractivity contribution is 6.16. The summed E-state index contributed by atoms with van der Waals surface area (Å²) in [6, 6.07) is 29.3. The third kappa shape index (κ3) is 3.52. The Hall–Kier alpha value is -4.42. The average Bonchev–Trinajstić information content (AvgIpc) is 3.27. The Balaban J connectivity index is 1.81. The summed E-state index contributed by atoms with van der Waals surface area (Å²) in [7, 11) is 2.12. The number of para-hydroxylation sites is 1. The highest BCUT2D eigenvalue weighted by Crippen LogP contribution is 2.47. The summed E-state index contributed by atoms with van der Waals surface area (Å²) in [6.45, 7) is 16.8. The van der Waals surface area contributed by atoms with Gasteiger partial charge < -0.3 is 4.42 Å². The lowest BCUT2D eigenvalue weighted by Crippen LogP contribution is -2.32. The number of nitrogens with zero attached hydrogens (tertiary/aromatic N) is 2. The van der Waals surface area contributed by atoms with Crippen LogP contribution in [0.4, 0.5) is 5.69 Å². The van der Waals surface area contributed by atoms with Gasteiger partial charge in [0.05, 0.1) is 12.1 Å². The molecule has 3 heteroatoms. The molecule has 0 aliphatic rings. The maximum Gasteiger partial charge on any atom is 0.216 e. The molecule has 2 heterocycles. The van der Waals surface area contributed by atoms with Crippen molar-refractivity contribution in [2.45, 2.75) is 33.1 Å². The maximum absolute atomic E-state index is 7.88. The molecule has 2 aromatic heterocycles. The van der Waals surface area contributed by atoms with E-state index >= 15 is 0 Å². The van der Waals surface area contributed by atoms with Crippen LogP contribution in [0.2, 0.25) is 0 Å². The van der Waals surface area contributed by atoms with Crippen molar-refractivity contribution in [3.63, 3.8) is 0 Å². The fourth-order valence-electron chi connectivity index (χ4n) is 5.62. The summed E-state index contributed by atoms with van der Waals surface area (Å²) < 4.78 is 9.15. The van der Waals surface area contributed by atoms with Crippen LogP contribution in [0.1, 0.15) is 31.9 Å². The second kappa shape index (κ2) is 8.32. The Kier molecular flexibility index (Phi) is 5.17. The lowest BCUT2D eigenvalue weighted by atomic mass is 9.81. The number of hydrogen-bond acceptors (Lipinski definition) is 1. The molecule has 37 heavy (non-hydrogen) atoms. The van der Waals surface area contributed by atoms with Gasteiger partial charge in [0.15, 0.2) is 5.69 Å². The van der Waals surface area contributed by atoms with Crippen molar-refractivity contribution >= 4 is 38.5 Å². The summed E-state index contributed by atoms with van der Waals surface area (Å²) in [5, 5.41) is 3.38. The van der Waals surface area contributed by atoms with Gasteiger partial charge in [0.2, 0.25) is 11.2 Å². The van der Waals surface area contributed by atoms with E-state index in [4.69, 9.17) is 11.0 Å². The van der Waals surface area contributed by atoms with Gasteiger partial charge in [-0.2, -0.15) is 4.57 Å². The molecule has 0 bridgehead atoms. The molecule has 0 radical (unpaired) electrons. The van der Waals surface area contributed by atoms with Crippen LogP contribution in [-0.2, 0) is 12.5 Å². The van der Waals surface area contributed by atoms with Crippen molar-refractivity contribution < 1.29 is 8.98 Å². The monoisotopic (exact) mass is 481 g/mol. The van der Waals surface area contributed by atoms with E-state index in [2.05, 4.69) is 105 Å². The number of rotatable bonds is 2. The fraction of sp³-hybridized carbons (Fsp3) is 0.176. The van der Waals surface area contributed by atoms with E-state index in [0.717, 1.165) is 44.3 Å². The molecule has 4 aromatic carbocycles. The number of hydrogen-bond donors (Lipinski definition) is 0. The lowest BCUT2D eigenvalue weighted by molar-refractivity contribution is -0.633. The van der Waals surface area contributed by atoms with Crippen molar-refractivity contribution in [2.24, 2.45) is 7.05 Å². The summed E-state index contributed by atoms with van der Waals surface area (Å²) in [4.78, 5) is 3.87. The van der Waals surface area contributed by atoms with Crippen LogP contribution in [0.3, 0.4) is 0 Å². The first-order chi connectivity index (χ1) is 17.8. The molecule has 0 fully saturated rings. The number of furan rings is 1. The predicted molar refractivity (Wildman–Crippen MR) is 153 cm³/mol. The van der Waals surface area contributed by atoms with Gasteiger partial charge in [-0.25, -0.2) is 4.85 Å². The SMILES string of the molecule is [C-]#[N+]c1ccc2c(oc3c(-c4ccc5ccccc5[n+]4C)c(C)cc(C(C)(C)C)c32)c1-c1ccccc1. The normalized spacial score (nSPS) is 11.9. The third-order valence-electron chi connectivity index (χ3n) is 7.42. The minimum Gasteiger partial charge on any atom is -0.456 e. The predicted octanol–water partition coefficient (Wildman–Crippen LogP) is 9.05. The van der Waals surface area contributed by atoms with Crippen LogP contribution in [0.15, 0.2) is 89.3 Å². The Bertz CT molecular complexity index is 1880. The zero-order chi connectivity index (χ0) is 25.9. The standard InChI is InChI=1S/C34H29N2O/c1-21-20-25(34(2,3)4)31-24-17-18-26(35-5)30(23-13-8-7-9-14-23)32(24)37-33(31)29(21)28-19-16-22-12-10-11-15-27(22)36(28)6/h7-20H,1-4,6H3/q+1. The largest absolute Gasteiger partial charge is 0.456 e. The smallest absolute Gasteiger partial charge is 0.216 e. The quantitative estimate of drug-likeness (QED) is 0.178. The molecule has 0 saturated heterocycles. The highest BCUT2D eigenvalue weighted by atomic mass is 16.3. The molecule has 3 nitrogen and oxygen atoms in total. The first-order valence-electron chi connectivity index (χ1n) is 12.6.